The molecule has 0 spiro atoms. The van der Waals surface area contributed by atoms with Crippen molar-refractivity contribution in [2.45, 2.75) is 45.1 Å². The van der Waals surface area contributed by atoms with Crippen LogP contribution in [-0.2, 0) is 0 Å². The molecular weight excluding hydrogens is 258 g/mol. The molecule has 2 atom stereocenters. The summed E-state index contributed by atoms with van der Waals surface area (Å²) in [6.07, 6.45) is 7.04. The molecule has 0 aliphatic heterocycles. The van der Waals surface area contributed by atoms with E-state index in [1.807, 2.05) is 0 Å². The number of aromatic nitrogens is 2. The van der Waals surface area contributed by atoms with Gasteiger partial charge in [-0.05, 0) is 18.8 Å². The van der Waals surface area contributed by atoms with E-state index in [-0.39, 0.29) is 11.7 Å². The first-order valence-corrected chi connectivity index (χ1v) is 7.07. The zero-order valence-electron chi connectivity index (χ0n) is 11.9. The van der Waals surface area contributed by atoms with Gasteiger partial charge in [0.25, 0.3) is 0 Å². The molecular formula is C13H21N5O2. The molecule has 1 aliphatic rings. The Balaban J connectivity index is 2.23. The van der Waals surface area contributed by atoms with Crippen LogP contribution < -0.4 is 10.6 Å². The highest BCUT2D eigenvalue weighted by Crippen LogP contribution is 2.29. The minimum absolute atomic E-state index is 0.0690. The quantitative estimate of drug-likeness (QED) is 0.500. The Morgan fingerprint density at radius 2 is 2.10 bits per heavy atom. The van der Waals surface area contributed by atoms with E-state index in [9.17, 15) is 10.1 Å². The van der Waals surface area contributed by atoms with E-state index in [0.717, 1.165) is 19.3 Å². The predicted molar refractivity (Wildman–Crippen MR) is 77.9 cm³/mol. The molecule has 1 aliphatic carbocycles. The van der Waals surface area contributed by atoms with Gasteiger partial charge in [0.2, 0.25) is 11.8 Å². The fraction of sp³-hybridized carbons (Fsp3) is 0.692. The first-order valence-electron chi connectivity index (χ1n) is 7.07. The van der Waals surface area contributed by atoms with E-state index in [4.69, 9.17) is 0 Å². The maximum absolute atomic E-state index is 11.1. The van der Waals surface area contributed by atoms with Crippen LogP contribution in [0, 0.1) is 16.0 Å². The molecule has 1 heterocycles. The van der Waals surface area contributed by atoms with E-state index in [1.54, 1.807) is 7.05 Å². The van der Waals surface area contributed by atoms with Crippen molar-refractivity contribution in [3.8, 4) is 0 Å². The Hall–Kier alpha value is -1.92. The third kappa shape index (κ3) is 3.34. The van der Waals surface area contributed by atoms with Crippen molar-refractivity contribution in [1.29, 1.82) is 0 Å². The number of hydrogen-bond acceptors (Lipinski definition) is 6. The van der Waals surface area contributed by atoms with Crippen molar-refractivity contribution in [3.63, 3.8) is 0 Å². The number of nitrogens with one attached hydrogen (secondary N) is 2. The average Bonchev–Trinajstić information content (AvgIpc) is 2.64. The summed E-state index contributed by atoms with van der Waals surface area (Å²) in [6, 6.07) is 0.232. The SMILES string of the molecule is CNc1ncc([N+](=O)[O-])c(NC2CCCCCC2C)n1. The Bertz CT molecular complexity index is 480. The summed E-state index contributed by atoms with van der Waals surface area (Å²) in [5, 5.41) is 17.1. The van der Waals surface area contributed by atoms with Gasteiger partial charge in [0.05, 0.1) is 4.92 Å². The molecule has 0 saturated heterocycles. The minimum Gasteiger partial charge on any atom is -0.361 e. The maximum atomic E-state index is 11.1. The molecule has 0 aromatic carbocycles. The van der Waals surface area contributed by atoms with E-state index < -0.39 is 4.92 Å². The minimum atomic E-state index is -0.441. The molecule has 1 fully saturated rings. The van der Waals surface area contributed by atoms with Crippen molar-refractivity contribution >= 4 is 17.5 Å². The summed E-state index contributed by atoms with van der Waals surface area (Å²) < 4.78 is 0. The molecule has 1 aromatic heterocycles. The molecule has 1 saturated carbocycles. The Labute approximate surface area is 118 Å². The van der Waals surface area contributed by atoms with Gasteiger partial charge < -0.3 is 10.6 Å². The zero-order chi connectivity index (χ0) is 14.5. The molecule has 7 nitrogen and oxygen atoms in total. The van der Waals surface area contributed by atoms with E-state index >= 15 is 0 Å². The maximum Gasteiger partial charge on any atom is 0.329 e. The molecule has 110 valence electrons. The van der Waals surface area contributed by atoms with Crippen molar-refractivity contribution < 1.29 is 4.92 Å². The van der Waals surface area contributed by atoms with Gasteiger partial charge in [0.15, 0.2) is 0 Å². The molecule has 7 heteroatoms. The highest BCUT2D eigenvalue weighted by atomic mass is 16.6. The van der Waals surface area contributed by atoms with Crippen molar-refractivity contribution in [3.05, 3.63) is 16.3 Å². The van der Waals surface area contributed by atoms with Crippen molar-refractivity contribution in [2.75, 3.05) is 17.7 Å². The van der Waals surface area contributed by atoms with Crippen LogP contribution in [0.2, 0.25) is 0 Å². The monoisotopic (exact) mass is 279 g/mol. The second kappa shape index (κ2) is 6.49. The molecule has 0 amide bonds. The van der Waals surface area contributed by atoms with Crippen LogP contribution in [0.3, 0.4) is 0 Å². The van der Waals surface area contributed by atoms with E-state index in [1.165, 1.54) is 19.0 Å². The van der Waals surface area contributed by atoms with Gasteiger partial charge in [-0.15, -0.1) is 0 Å². The van der Waals surface area contributed by atoms with Crippen LogP contribution >= 0.6 is 0 Å². The lowest BCUT2D eigenvalue weighted by Crippen LogP contribution is -2.27. The number of nitrogens with zero attached hydrogens (tertiary/aromatic N) is 3. The number of nitro groups is 1. The lowest BCUT2D eigenvalue weighted by Gasteiger charge is -2.23. The Morgan fingerprint density at radius 1 is 1.35 bits per heavy atom. The molecule has 1 aromatic rings. The van der Waals surface area contributed by atoms with Gasteiger partial charge in [-0.25, -0.2) is 4.98 Å². The van der Waals surface area contributed by atoms with Crippen LogP contribution in [0.15, 0.2) is 6.20 Å². The summed E-state index contributed by atoms with van der Waals surface area (Å²) >= 11 is 0. The molecule has 0 radical (unpaired) electrons. The Kier molecular flexibility index (Phi) is 4.70. The van der Waals surface area contributed by atoms with Crippen LogP contribution in [0.25, 0.3) is 0 Å². The largest absolute Gasteiger partial charge is 0.361 e. The highest BCUT2D eigenvalue weighted by molar-refractivity contribution is 5.57. The second-order valence-corrected chi connectivity index (χ2v) is 5.30. The lowest BCUT2D eigenvalue weighted by atomic mass is 9.97. The van der Waals surface area contributed by atoms with Crippen LogP contribution in [0.5, 0.6) is 0 Å². The number of hydrogen-bond donors (Lipinski definition) is 2. The molecule has 0 bridgehead atoms. The van der Waals surface area contributed by atoms with Gasteiger partial charge in [-0.3, -0.25) is 10.1 Å². The molecule has 2 unspecified atom stereocenters. The van der Waals surface area contributed by atoms with Gasteiger partial charge in [0.1, 0.15) is 6.20 Å². The standard InChI is InChI=1S/C13H21N5O2/c1-9-6-4-3-5-7-10(9)16-12-11(18(19)20)8-15-13(14-2)17-12/h8-10H,3-7H2,1-2H3,(H2,14,15,16,17). The van der Waals surface area contributed by atoms with Crippen molar-refractivity contribution in [1.82, 2.24) is 9.97 Å². The number of rotatable bonds is 4. The fourth-order valence-electron chi connectivity index (χ4n) is 2.62. The third-order valence-corrected chi connectivity index (χ3v) is 3.87. The van der Waals surface area contributed by atoms with Gasteiger partial charge >= 0.3 is 5.69 Å². The molecule has 2 rings (SSSR count). The summed E-state index contributed by atoms with van der Waals surface area (Å²) in [5.74, 6) is 1.19. The van der Waals surface area contributed by atoms with Crippen LogP contribution in [0.4, 0.5) is 17.5 Å². The lowest BCUT2D eigenvalue weighted by molar-refractivity contribution is -0.384. The smallest absolute Gasteiger partial charge is 0.329 e. The molecule has 2 N–H and O–H groups in total. The summed E-state index contributed by atoms with van der Waals surface area (Å²) in [7, 11) is 1.69. The zero-order valence-corrected chi connectivity index (χ0v) is 11.9. The highest BCUT2D eigenvalue weighted by Gasteiger charge is 2.24. The normalized spacial score (nSPS) is 22.9. The predicted octanol–water partition coefficient (Wildman–Crippen LogP) is 2.81. The first kappa shape index (κ1) is 14.5. The van der Waals surface area contributed by atoms with Gasteiger partial charge in [0, 0.05) is 13.1 Å². The first-order chi connectivity index (χ1) is 9.61. The number of anilines is 2. The summed E-state index contributed by atoms with van der Waals surface area (Å²) in [6.45, 7) is 2.19. The topological polar surface area (TPSA) is 93.0 Å². The van der Waals surface area contributed by atoms with Crippen LogP contribution in [0.1, 0.15) is 39.0 Å². The van der Waals surface area contributed by atoms with Crippen LogP contribution in [-0.4, -0.2) is 28.0 Å². The van der Waals surface area contributed by atoms with E-state index in [2.05, 4.69) is 27.5 Å². The van der Waals surface area contributed by atoms with Gasteiger partial charge in [-0.2, -0.15) is 4.98 Å². The second-order valence-electron chi connectivity index (χ2n) is 5.30. The summed E-state index contributed by atoms with van der Waals surface area (Å²) in [5.41, 5.74) is -0.0690. The average molecular weight is 279 g/mol. The molecule has 20 heavy (non-hydrogen) atoms. The Morgan fingerprint density at radius 3 is 2.80 bits per heavy atom. The third-order valence-electron chi connectivity index (χ3n) is 3.87. The van der Waals surface area contributed by atoms with Crippen molar-refractivity contribution in [2.24, 2.45) is 5.92 Å². The van der Waals surface area contributed by atoms with Gasteiger partial charge in [-0.1, -0.05) is 26.2 Å². The summed E-state index contributed by atoms with van der Waals surface area (Å²) in [4.78, 5) is 18.7. The van der Waals surface area contributed by atoms with E-state index in [0.29, 0.717) is 17.7 Å². The fourth-order valence-corrected chi connectivity index (χ4v) is 2.62.